The number of benzene rings is 1. The number of carbonyl (C=O) groups excluding carboxylic acids is 1. The molecule has 0 aliphatic heterocycles. The Balaban J connectivity index is 2.55. The fourth-order valence-corrected chi connectivity index (χ4v) is 1.78. The molecular formula is C15H22N2O3. The number of carboxylic acid groups (broad SMARTS) is 1. The molecule has 0 bridgehead atoms. The van der Waals surface area contributed by atoms with Crippen molar-refractivity contribution in [2.75, 3.05) is 5.32 Å². The number of aliphatic carboxylic acids is 1. The molecule has 0 radical (unpaired) electrons. The molecule has 110 valence electrons. The second-order valence-electron chi connectivity index (χ2n) is 4.96. The van der Waals surface area contributed by atoms with Crippen molar-refractivity contribution in [3.05, 3.63) is 29.8 Å². The standard InChI is InChI=1S/C15H22N2O3/c1-3-10(2)11-4-6-12(7-5-11)17-15(20)13(16)8-9-14(18)19/h4-7,10,13H,3,8-9,16H2,1-2H3,(H,17,20)(H,18,19). The molecule has 5 nitrogen and oxygen atoms in total. The van der Waals surface area contributed by atoms with Crippen LogP contribution in [0.25, 0.3) is 0 Å². The maximum absolute atomic E-state index is 11.8. The van der Waals surface area contributed by atoms with E-state index in [4.69, 9.17) is 10.8 Å². The van der Waals surface area contributed by atoms with Crippen molar-refractivity contribution in [3.8, 4) is 0 Å². The number of carbonyl (C=O) groups is 2. The van der Waals surface area contributed by atoms with Crippen molar-refractivity contribution in [1.82, 2.24) is 0 Å². The van der Waals surface area contributed by atoms with Crippen molar-refractivity contribution in [2.45, 2.75) is 45.1 Å². The Morgan fingerprint density at radius 2 is 1.90 bits per heavy atom. The fourth-order valence-electron chi connectivity index (χ4n) is 1.78. The Bertz CT molecular complexity index is 457. The predicted molar refractivity (Wildman–Crippen MR) is 78.6 cm³/mol. The molecule has 5 heteroatoms. The first-order valence-electron chi connectivity index (χ1n) is 6.82. The van der Waals surface area contributed by atoms with Crippen molar-refractivity contribution >= 4 is 17.6 Å². The lowest BCUT2D eigenvalue weighted by Gasteiger charge is -2.13. The van der Waals surface area contributed by atoms with E-state index in [0.717, 1.165) is 6.42 Å². The highest BCUT2D eigenvalue weighted by Crippen LogP contribution is 2.20. The molecule has 1 aromatic rings. The minimum absolute atomic E-state index is 0.110. The first kappa shape index (κ1) is 16.2. The molecule has 0 fully saturated rings. The van der Waals surface area contributed by atoms with Gasteiger partial charge in [-0.1, -0.05) is 26.0 Å². The summed E-state index contributed by atoms with van der Waals surface area (Å²) in [5.74, 6) is -0.828. The molecule has 2 atom stereocenters. The Labute approximate surface area is 119 Å². The van der Waals surface area contributed by atoms with Gasteiger partial charge in [-0.25, -0.2) is 0 Å². The molecule has 0 saturated carbocycles. The van der Waals surface area contributed by atoms with Crippen LogP contribution in [-0.2, 0) is 9.59 Å². The van der Waals surface area contributed by atoms with E-state index in [1.54, 1.807) is 0 Å². The lowest BCUT2D eigenvalue weighted by molar-refractivity contribution is -0.137. The van der Waals surface area contributed by atoms with Gasteiger partial charge in [0, 0.05) is 12.1 Å². The van der Waals surface area contributed by atoms with Gasteiger partial charge in [0.05, 0.1) is 6.04 Å². The summed E-state index contributed by atoms with van der Waals surface area (Å²) in [5, 5.41) is 11.2. The van der Waals surface area contributed by atoms with Crippen LogP contribution in [0.4, 0.5) is 5.69 Å². The molecule has 0 spiro atoms. The van der Waals surface area contributed by atoms with Crippen LogP contribution in [0.1, 0.15) is 44.6 Å². The average Bonchev–Trinajstić information content (AvgIpc) is 2.44. The van der Waals surface area contributed by atoms with Gasteiger partial charge in [-0.15, -0.1) is 0 Å². The largest absolute Gasteiger partial charge is 0.481 e. The lowest BCUT2D eigenvalue weighted by atomic mass is 9.98. The number of amides is 1. The van der Waals surface area contributed by atoms with E-state index in [9.17, 15) is 9.59 Å². The molecule has 0 saturated heterocycles. The summed E-state index contributed by atoms with van der Waals surface area (Å²) >= 11 is 0. The van der Waals surface area contributed by atoms with Crippen LogP contribution in [0.3, 0.4) is 0 Å². The van der Waals surface area contributed by atoms with Gasteiger partial charge in [-0.05, 0) is 36.5 Å². The Morgan fingerprint density at radius 3 is 2.40 bits per heavy atom. The van der Waals surface area contributed by atoms with Gasteiger partial charge in [0.15, 0.2) is 0 Å². The van der Waals surface area contributed by atoms with Gasteiger partial charge in [-0.2, -0.15) is 0 Å². The van der Waals surface area contributed by atoms with E-state index in [0.29, 0.717) is 11.6 Å². The first-order chi connectivity index (χ1) is 9.43. The van der Waals surface area contributed by atoms with Gasteiger partial charge >= 0.3 is 5.97 Å². The van der Waals surface area contributed by atoms with Crippen molar-refractivity contribution in [2.24, 2.45) is 5.73 Å². The summed E-state index contributed by atoms with van der Waals surface area (Å²) < 4.78 is 0. The van der Waals surface area contributed by atoms with Gasteiger partial charge in [-0.3, -0.25) is 9.59 Å². The predicted octanol–water partition coefficient (Wildman–Crippen LogP) is 2.33. The Kier molecular flexibility index (Phi) is 6.18. The van der Waals surface area contributed by atoms with Gasteiger partial charge < -0.3 is 16.2 Å². The third kappa shape index (κ3) is 5.01. The zero-order chi connectivity index (χ0) is 15.1. The minimum atomic E-state index is -0.953. The van der Waals surface area contributed by atoms with Crippen LogP contribution in [0, 0.1) is 0 Å². The van der Waals surface area contributed by atoms with E-state index >= 15 is 0 Å². The van der Waals surface area contributed by atoms with E-state index < -0.39 is 12.0 Å². The fraction of sp³-hybridized carbons (Fsp3) is 0.467. The van der Waals surface area contributed by atoms with Gasteiger partial charge in [0.2, 0.25) is 5.91 Å². The molecule has 4 N–H and O–H groups in total. The molecule has 1 amide bonds. The summed E-state index contributed by atoms with van der Waals surface area (Å²) in [7, 11) is 0. The van der Waals surface area contributed by atoms with Crippen molar-refractivity contribution < 1.29 is 14.7 Å². The number of nitrogens with one attached hydrogen (secondary N) is 1. The molecule has 0 aliphatic rings. The second-order valence-corrected chi connectivity index (χ2v) is 4.96. The number of rotatable bonds is 7. The molecule has 1 aromatic carbocycles. The molecule has 0 aromatic heterocycles. The van der Waals surface area contributed by atoms with Crippen molar-refractivity contribution in [3.63, 3.8) is 0 Å². The smallest absolute Gasteiger partial charge is 0.303 e. The summed E-state index contributed by atoms with van der Waals surface area (Å²) in [5.41, 5.74) is 7.53. The van der Waals surface area contributed by atoms with Crippen LogP contribution in [-0.4, -0.2) is 23.0 Å². The van der Waals surface area contributed by atoms with Crippen LogP contribution >= 0.6 is 0 Å². The maximum atomic E-state index is 11.8. The summed E-state index contributed by atoms with van der Waals surface area (Å²) in [6.07, 6.45) is 1.08. The number of anilines is 1. The van der Waals surface area contributed by atoms with Crippen molar-refractivity contribution in [1.29, 1.82) is 0 Å². The number of nitrogens with two attached hydrogens (primary N) is 1. The quantitative estimate of drug-likeness (QED) is 0.713. The summed E-state index contributed by atoms with van der Waals surface area (Å²) in [6.45, 7) is 4.28. The summed E-state index contributed by atoms with van der Waals surface area (Å²) in [4.78, 5) is 22.2. The number of hydrogen-bond donors (Lipinski definition) is 3. The van der Waals surface area contributed by atoms with E-state index in [2.05, 4.69) is 19.2 Å². The molecule has 20 heavy (non-hydrogen) atoms. The number of carboxylic acids is 1. The third-order valence-corrected chi connectivity index (χ3v) is 3.37. The highest BCUT2D eigenvalue weighted by molar-refractivity contribution is 5.94. The Morgan fingerprint density at radius 1 is 1.30 bits per heavy atom. The number of hydrogen-bond acceptors (Lipinski definition) is 3. The molecule has 2 unspecified atom stereocenters. The van der Waals surface area contributed by atoms with Crippen LogP contribution in [0.2, 0.25) is 0 Å². The lowest BCUT2D eigenvalue weighted by Crippen LogP contribution is -2.36. The first-order valence-corrected chi connectivity index (χ1v) is 6.82. The molecule has 1 rings (SSSR count). The van der Waals surface area contributed by atoms with E-state index in [-0.39, 0.29) is 18.7 Å². The SMILES string of the molecule is CCC(C)c1ccc(NC(=O)C(N)CCC(=O)O)cc1. The van der Waals surface area contributed by atoms with Crippen LogP contribution < -0.4 is 11.1 Å². The minimum Gasteiger partial charge on any atom is -0.481 e. The normalized spacial score (nSPS) is 13.6. The van der Waals surface area contributed by atoms with Crippen LogP contribution in [0.5, 0.6) is 0 Å². The average molecular weight is 278 g/mol. The maximum Gasteiger partial charge on any atom is 0.303 e. The zero-order valence-electron chi connectivity index (χ0n) is 11.9. The highest BCUT2D eigenvalue weighted by Gasteiger charge is 2.15. The third-order valence-electron chi connectivity index (χ3n) is 3.37. The molecule has 0 aliphatic carbocycles. The van der Waals surface area contributed by atoms with Crippen LogP contribution in [0.15, 0.2) is 24.3 Å². The molecule has 0 heterocycles. The van der Waals surface area contributed by atoms with Gasteiger partial charge in [0.1, 0.15) is 0 Å². The molecular weight excluding hydrogens is 256 g/mol. The summed E-state index contributed by atoms with van der Waals surface area (Å²) in [6, 6.07) is 6.83. The second kappa shape index (κ2) is 7.65. The zero-order valence-corrected chi connectivity index (χ0v) is 11.9. The van der Waals surface area contributed by atoms with E-state index in [1.807, 2.05) is 24.3 Å². The van der Waals surface area contributed by atoms with Gasteiger partial charge in [0.25, 0.3) is 0 Å². The Hall–Kier alpha value is -1.88. The topological polar surface area (TPSA) is 92.4 Å². The monoisotopic (exact) mass is 278 g/mol. The highest BCUT2D eigenvalue weighted by atomic mass is 16.4. The van der Waals surface area contributed by atoms with E-state index in [1.165, 1.54) is 5.56 Å².